The van der Waals surface area contributed by atoms with E-state index >= 15 is 0 Å². The van der Waals surface area contributed by atoms with Crippen molar-refractivity contribution in [2.75, 3.05) is 13.7 Å². The number of hydrogen-bond donors (Lipinski definition) is 2. The average molecular weight is 556 g/mol. The first-order valence-electron chi connectivity index (χ1n) is 14.6. The summed E-state index contributed by atoms with van der Waals surface area (Å²) >= 11 is 0. The van der Waals surface area contributed by atoms with Crippen molar-refractivity contribution in [2.45, 2.75) is 77.2 Å². The number of carbonyl (C=O) groups excluding carboxylic acids is 2. The smallest absolute Gasteiger partial charge is 0.354 e. The van der Waals surface area contributed by atoms with Crippen LogP contribution in [0.2, 0.25) is 0 Å². The summed E-state index contributed by atoms with van der Waals surface area (Å²) in [7, 11) is 1.60. The minimum Gasteiger partial charge on any atom is -0.496 e. The lowest BCUT2D eigenvalue weighted by Gasteiger charge is -2.41. The van der Waals surface area contributed by atoms with Gasteiger partial charge >= 0.3 is 11.9 Å². The van der Waals surface area contributed by atoms with Gasteiger partial charge in [-0.1, -0.05) is 6.07 Å². The Balaban J connectivity index is 1.46. The van der Waals surface area contributed by atoms with Gasteiger partial charge in [-0.25, -0.2) is 14.6 Å². The van der Waals surface area contributed by atoms with Gasteiger partial charge in [0, 0.05) is 42.4 Å². The van der Waals surface area contributed by atoms with Gasteiger partial charge in [0.1, 0.15) is 28.4 Å². The highest BCUT2D eigenvalue weighted by Gasteiger charge is 2.63. The van der Waals surface area contributed by atoms with Crippen molar-refractivity contribution >= 4 is 17.7 Å². The van der Waals surface area contributed by atoms with Crippen molar-refractivity contribution in [3.8, 4) is 17.0 Å². The number of benzene rings is 1. The van der Waals surface area contributed by atoms with Gasteiger partial charge < -0.3 is 14.6 Å². The topological polar surface area (TPSA) is 107 Å². The minimum atomic E-state index is -1.09. The van der Waals surface area contributed by atoms with E-state index in [1.807, 2.05) is 32.0 Å². The maximum atomic E-state index is 14.3. The highest BCUT2D eigenvalue weighted by atomic mass is 16.5. The standard InChI is InChI=1S/C33H34N2O6/c1-5-35-30(37)27-24(16-33(35)12-13-33)41-23-15-32(10-11-32)14-21(36)26(23)28(27)25-18(3)19(7-9-22(25)40-4)20-8-6-17(2)29(34-20)31(38)39/h6-9,28H,5,10-16H2,1-4H3,(H,38,39)/p+1/t28-/m1/s1. The van der Waals surface area contributed by atoms with Crippen LogP contribution in [0.25, 0.3) is 11.3 Å². The number of amides is 1. The Morgan fingerprint density at radius 3 is 2.41 bits per heavy atom. The molecule has 3 aliphatic carbocycles. The third kappa shape index (κ3) is 3.83. The Bertz CT molecular complexity index is 1620. The number of aromatic carboxylic acids is 1. The number of likely N-dealkylation sites (N-methyl/N-ethyl adjacent to an activating group) is 1. The van der Waals surface area contributed by atoms with Gasteiger partial charge in [-0.2, -0.15) is 0 Å². The Morgan fingerprint density at radius 1 is 1.05 bits per heavy atom. The van der Waals surface area contributed by atoms with Gasteiger partial charge in [0.15, 0.2) is 11.5 Å². The monoisotopic (exact) mass is 555 g/mol. The van der Waals surface area contributed by atoms with Crippen LogP contribution in [-0.4, -0.2) is 46.9 Å². The highest BCUT2D eigenvalue weighted by molar-refractivity contribution is 6.04. The number of Topliss-reactive ketones (excluding diaryl/α,β-unsaturated/α-hetero) is 1. The number of methoxy groups -OCH3 is 1. The molecule has 0 radical (unpaired) electrons. The van der Waals surface area contributed by atoms with Crippen LogP contribution in [0, 0.1) is 19.3 Å². The summed E-state index contributed by atoms with van der Waals surface area (Å²) in [6, 6.07) is 7.28. The third-order valence-corrected chi connectivity index (χ3v) is 10.2. The summed E-state index contributed by atoms with van der Waals surface area (Å²) in [6.45, 7) is 6.38. The van der Waals surface area contributed by atoms with Gasteiger partial charge in [-0.05, 0) is 68.4 Å². The molecule has 41 heavy (non-hydrogen) atoms. The predicted octanol–water partition coefficient (Wildman–Crippen LogP) is 4.21. The van der Waals surface area contributed by atoms with E-state index in [2.05, 4.69) is 4.98 Å². The molecule has 0 saturated heterocycles. The number of hydrogen-bond acceptors (Lipinski definition) is 6. The Kier molecular flexibility index (Phi) is 5.65. The molecule has 2 aromatic rings. The van der Waals surface area contributed by atoms with Crippen LogP contribution in [0.5, 0.6) is 5.75 Å². The van der Waals surface area contributed by atoms with Crippen LogP contribution in [0.4, 0.5) is 0 Å². The number of quaternary nitrogens is 1. The number of carbonyl (C=O) groups is 3. The number of allylic oxidation sites excluding steroid dienone is 2. The molecule has 2 N–H and O–H groups in total. The Morgan fingerprint density at radius 2 is 1.78 bits per heavy atom. The average Bonchev–Trinajstić information content (AvgIpc) is 3.86. The maximum Gasteiger partial charge on any atom is 0.354 e. The number of nitrogens with one attached hydrogen (secondary N) is 1. The van der Waals surface area contributed by atoms with Crippen molar-refractivity contribution in [3.05, 3.63) is 69.3 Å². The molecule has 212 valence electrons. The third-order valence-electron chi connectivity index (χ3n) is 10.2. The van der Waals surface area contributed by atoms with Gasteiger partial charge in [0.25, 0.3) is 0 Å². The van der Waals surface area contributed by atoms with Crippen molar-refractivity contribution in [3.63, 3.8) is 0 Å². The molecular weight excluding hydrogens is 520 g/mol. The van der Waals surface area contributed by atoms with Gasteiger partial charge in [-0.3, -0.25) is 9.69 Å². The van der Waals surface area contributed by atoms with E-state index < -0.39 is 11.9 Å². The lowest BCUT2D eigenvalue weighted by atomic mass is 9.70. The molecule has 2 atom stereocenters. The molecule has 8 heteroatoms. The van der Waals surface area contributed by atoms with E-state index in [1.54, 1.807) is 20.1 Å². The quantitative estimate of drug-likeness (QED) is 0.569. The lowest BCUT2D eigenvalue weighted by molar-refractivity contribution is -0.858. The van der Waals surface area contributed by atoms with Crippen molar-refractivity contribution < 1.29 is 33.9 Å². The number of ketones is 1. The molecule has 1 unspecified atom stereocenters. The molecular formula is C33H35N2O6+. The first kappa shape index (κ1) is 26.1. The van der Waals surface area contributed by atoms with Crippen molar-refractivity contribution in [1.29, 1.82) is 0 Å². The molecule has 1 amide bonds. The maximum absolute atomic E-state index is 14.3. The van der Waals surface area contributed by atoms with E-state index in [0.717, 1.165) is 59.5 Å². The molecule has 8 nitrogen and oxygen atoms in total. The number of carboxylic acid groups (broad SMARTS) is 1. The van der Waals surface area contributed by atoms with Crippen LogP contribution < -0.4 is 9.64 Å². The van der Waals surface area contributed by atoms with Gasteiger partial charge in [0.2, 0.25) is 0 Å². The summed E-state index contributed by atoms with van der Waals surface area (Å²) in [5.41, 5.74) is 4.43. The summed E-state index contributed by atoms with van der Waals surface area (Å²) in [4.78, 5) is 45.6. The number of rotatable bonds is 5. The Hall–Kier alpha value is -3.78. The van der Waals surface area contributed by atoms with E-state index in [9.17, 15) is 19.5 Å². The van der Waals surface area contributed by atoms with E-state index in [0.29, 0.717) is 53.3 Å². The SMILES string of the molecule is CC[NH+]1C(=O)C2=C(CC13CC3)OC1=C(C(=O)CC3(CC3)C1)[C@H]2c1c(OC)ccc(-c2ccc(C)c(C(=O)O)n2)c1C. The van der Waals surface area contributed by atoms with E-state index in [4.69, 9.17) is 9.47 Å². The van der Waals surface area contributed by atoms with E-state index in [-0.39, 0.29) is 28.3 Å². The summed E-state index contributed by atoms with van der Waals surface area (Å²) in [6.07, 6.45) is 5.90. The second-order valence-corrected chi connectivity index (χ2v) is 12.6. The molecule has 1 aromatic carbocycles. The highest BCUT2D eigenvalue weighted by Crippen LogP contribution is 2.61. The second kappa shape index (κ2) is 8.86. The summed E-state index contributed by atoms with van der Waals surface area (Å²) in [5, 5.41) is 9.72. The van der Waals surface area contributed by atoms with Gasteiger partial charge in [0.05, 0.1) is 31.7 Å². The van der Waals surface area contributed by atoms with Crippen LogP contribution in [-0.2, 0) is 14.3 Å². The van der Waals surface area contributed by atoms with Crippen LogP contribution in [0.1, 0.15) is 85.0 Å². The Labute approximate surface area is 239 Å². The van der Waals surface area contributed by atoms with Crippen molar-refractivity contribution in [1.82, 2.24) is 4.98 Å². The number of nitrogens with zero attached hydrogens (tertiary/aromatic N) is 1. The molecule has 2 spiro atoms. The molecule has 2 fully saturated rings. The normalized spacial score (nSPS) is 25.2. The molecule has 5 aliphatic rings. The van der Waals surface area contributed by atoms with E-state index in [1.165, 1.54) is 0 Å². The molecule has 3 heterocycles. The number of aromatic nitrogens is 1. The van der Waals surface area contributed by atoms with Gasteiger partial charge in [-0.15, -0.1) is 0 Å². The summed E-state index contributed by atoms with van der Waals surface area (Å²) < 4.78 is 12.5. The minimum absolute atomic E-state index is 0.00288. The summed E-state index contributed by atoms with van der Waals surface area (Å²) in [5.74, 6) is 0.381. The fraction of sp³-hybridized carbons (Fsp3) is 0.455. The molecule has 2 saturated carbocycles. The first-order valence-corrected chi connectivity index (χ1v) is 14.6. The van der Waals surface area contributed by atoms with Crippen LogP contribution in [0.3, 0.4) is 0 Å². The zero-order chi connectivity index (χ0) is 28.8. The largest absolute Gasteiger partial charge is 0.496 e. The molecule has 2 aliphatic heterocycles. The predicted molar refractivity (Wildman–Crippen MR) is 150 cm³/mol. The lowest BCUT2D eigenvalue weighted by Crippen LogP contribution is -3.20. The number of aryl methyl sites for hydroxylation is 1. The molecule has 0 bridgehead atoms. The number of ether oxygens (including phenoxy) is 2. The second-order valence-electron chi connectivity index (χ2n) is 12.6. The number of pyridine rings is 1. The number of carboxylic acids is 1. The fourth-order valence-electron chi connectivity index (χ4n) is 7.62. The zero-order valence-corrected chi connectivity index (χ0v) is 24.0. The first-order chi connectivity index (χ1) is 19.6. The fourth-order valence-corrected chi connectivity index (χ4v) is 7.62. The van der Waals surface area contributed by atoms with Crippen LogP contribution >= 0.6 is 0 Å². The molecule has 7 rings (SSSR count). The van der Waals surface area contributed by atoms with Crippen LogP contribution in [0.15, 0.2) is 46.9 Å². The zero-order valence-electron chi connectivity index (χ0n) is 24.0. The molecule has 1 aromatic heterocycles. The van der Waals surface area contributed by atoms with Crippen molar-refractivity contribution in [2.24, 2.45) is 5.41 Å².